The van der Waals surface area contributed by atoms with Gasteiger partial charge in [-0.1, -0.05) is 0 Å². The van der Waals surface area contributed by atoms with Crippen molar-refractivity contribution in [3.05, 3.63) is 24.3 Å². The number of methoxy groups -OCH3 is 1. The van der Waals surface area contributed by atoms with Crippen molar-refractivity contribution in [3.8, 4) is 5.75 Å². The second-order valence-corrected chi connectivity index (χ2v) is 11.8. The number of imide groups is 2. The molecule has 2 rings (SSSR count). The van der Waals surface area contributed by atoms with E-state index in [4.69, 9.17) is 4.74 Å². The molecule has 0 saturated carbocycles. The van der Waals surface area contributed by atoms with Crippen molar-refractivity contribution in [1.82, 2.24) is 10.6 Å². The molecule has 0 atom stereocenters. The third-order valence-electron chi connectivity index (χ3n) is 2.71. The van der Waals surface area contributed by atoms with Gasteiger partial charge in [-0.2, -0.15) is 0 Å². The van der Waals surface area contributed by atoms with Gasteiger partial charge in [0.15, 0.2) is 0 Å². The van der Waals surface area contributed by atoms with E-state index in [-0.39, 0.29) is 0 Å². The topological polar surface area (TPSA) is 84.5 Å². The Balaban J connectivity index is 2.10. The number of carbonyl (C=O) groups is 3. The quantitative estimate of drug-likeness (QED) is 0.499. The molecule has 0 spiro atoms. The molecule has 1 aliphatic rings. The Labute approximate surface area is 116 Å². The molecule has 0 aromatic heterocycles. The first-order valence-electron chi connectivity index (χ1n) is 5.39. The number of ether oxygens (including phenoxy) is 1. The molecular formula is C11H10HgN2O4. The number of amides is 4. The first-order valence-corrected chi connectivity index (χ1v) is 11.3. The van der Waals surface area contributed by atoms with Crippen LogP contribution in [0.3, 0.4) is 0 Å². The first kappa shape index (κ1) is 13.0. The Kier molecular flexibility index (Phi) is 3.95. The first-order chi connectivity index (χ1) is 8.60. The van der Waals surface area contributed by atoms with Gasteiger partial charge >= 0.3 is 116 Å². The summed E-state index contributed by atoms with van der Waals surface area (Å²) in [5.41, 5.74) is 0. The molecule has 0 radical (unpaired) electrons. The van der Waals surface area contributed by atoms with Crippen molar-refractivity contribution in [2.45, 2.75) is 3.43 Å². The molecule has 0 bridgehead atoms. The van der Waals surface area contributed by atoms with Gasteiger partial charge in [-0.3, -0.25) is 0 Å². The molecule has 90 valence electrons. The zero-order valence-corrected chi connectivity index (χ0v) is 15.2. The Morgan fingerprint density at radius 1 is 1.06 bits per heavy atom. The summed E-state index contributed by atoms with van der Waals surface area (Å²) < 4.78 is 5.42. The SMILES string of the molecule is COc1cc[c]([Hg][CH]2C(=O)NC(=O)NC2=O)cc1. The zero-order chi connectivity index (χ0) is 13.1. The number of urea groups is 1. The van der Waals surface area contributed by atoms with Crippen LogP contribution in [0.2, 0.25) is 3.43 Å². The fourth-order valence-electron chi connectivity index (χ4n) is 1.73. The average Bonchev–Trinajstić information content (AvgIpc) is 2.34. The molecule has 1 heterocycles. The molecule has 2 N–H and O–H groups in total. The molecule has 7 heteroatoms. The summed E-state index contributed by atoms with van der Waals surface area (Å²) in [5, 5.41) is 4.25. The number of hydrogen-bond donors (Lipinski definition) is 2. The van der Waals surface area contributed by atoms with Crippen molar-refractivity contribution in [1.29, 1.82) is 0 Å². The van der Waals surface area contributed by atoms with E-state index in [1.807, 2.05) is 12.1 Å². The van der Waals surface area contributed by atoms with Crippen molar-refractivity contribution < 1.29 is 43.7 Å². The van der Waals surface area contributed by atoms with Gasteiger partial charge in [0.05, 0.1) is 0 Å². The van der Waals surface area contributed by atoms with Crippen LogP contribution in [0.5, 0.6) is 5.75 Å². The van der Waals surface area contributed by atoms with Crippen LogP contribution in [0.25, 0.3) is 0 Å². The van der Waals surface area contributed by atoms with Crippen molar-refractivity contribution in [3.63, 3.8) is 0 Å². The summed E-state index contributed by atoms with van der Waals surface area (Å²) in [5.74, 6) is -0.206. The van der Waals surface area contributed by atoms with Gasteiger partial charge in [0.25, 0.3) is 0 Å². The molecule has 0 aliphatic carbocycles. The molecule has 18 heavy (non-hydrogen) atoms. The van der Waals surface area contributed by atoms with Gasteiger partial charge in [0.2, 0.25) is 0 Å². The molecule has 0 unspecified atom stereocenters. The minimum absolute atomic E-state index is 0.471. The van der Waals surface area contributed by atoms with E-state index in [2.05, 4.69) is 10.6 Å². The summed E-state index contributed by atoms with van der Waals surface area (Å²) in [4.78, 5) is 34.1. The van der Waals surface area contributed by atoms with Gasteiger partial charge in [0.1, 0.15) is 0 Å². The third kappa shape index (κ3) is 2.87. The van der Waals surface area contributed by atoms with Gasteiger partial charge in [0, 0.05) is 0 Å². The molecule has 1 aromatic rings. The molecule has 1 aromatic carbocycles. The fourth-order valence-corrected chi connectivity index (χ4v) is 7.77. The van der Waals surface area contributed by atoms with Crippen LogP contribution in [-0.2, 0) is 34.2 Å². The minimum atomic E-state index is -1.96. The van der Waals surface area contributed by atoms with Crippen LogP contribution < -0.4 is 18.4 Å². The van der Waals surface area contributed by atoms with E-state index >= 15 is 0 Å². The third-order valence-corrected chi connectivity index (χ3v) is 10.8. The molecule has 1 fully saturated rings. The van der Waals surface area contributed by atoms with Crippen molar-refractivity contribution in [2.24, 2.45) is 0 Å². The second-order valence-electron chi connectivity index (χ2n) is 3.91. The summed E-state index contributed by atoms with van der Waals surface area (Å²) in [6.45, 7) is 0. The van der Waals surface area contributed by atoms with E-state index in [1.165, 1.54) is 0 Å². The van der Waals surface area contributed by atoms with Gasteiger partial charge in [-0.25, -0.2) is 0 Å². The average molecular weight is 435 g/mol. The van der Waals surface area contributed by atoms with E-state index < -0.39 is 45.8 Å². The van der Waals surface area contributed by atoms with Gasteiger partial charge in [-0.05, 0) is 0 Å². The van der Waals surface area contributed by atoms with Crippen LogP contribution in [0.4, 0.5) is 4.79 Å². The predicted molar refractivity (Wildman–Crippen MR) is 58.1 cm³/mol. The number of rotatable bonds is 3. The van der Waals surface area contributed by atoms with Gasteiger partial charge < -0.3 is 0 Å². The van der Waals surface area contributed by atoms with Gasteiger partial charge in [-0.15, -0.1) is 0 Å². The number of barbiturate groups is 1. The van der Waals surface area contributed by atoms with Crippen LogP contribution in [0.1, 0.15) is 0 Å². The standard InChI is InChI=1S/C7H7O.C4H3N2O3.Hg/c1-8-7-5-3-2-4-6-7;7-2-1-3(8)6-4(9)5-2;/h3-6H,1H3;1H,(H2,5,6,7,8,9);. The maximum atomic E-state index is 11.6. The number of benzene rings is 1. The number of carbonyl (C=O) groups excluding carboxylic acids is 3. The van der Waals surface area contributed by atoms with Crippen LogP contribution in [0.15, 0.2) is 24.3 Å². The second kappa shape index (κ2) is 5.47. The van der Waals surface area contributed by atoms with E-state index in [1.54, 1.807) is 19.2 Å². The van der Waals surface area contributed by atoms with Crippen LogP contribution >= 0.6 is 0 Å². The molecule has 4 amide bonds. The Bertz CT molecular complexity index is 480. The van der Waals surface area contributed by atoms with Crippen LogP contribution in [0, 0.1) is 0 Å². The van der Waals surface area contributed by atoms with E-state index in [0.717, 1.165) is 8.82 Å². The summed E-state index contributed by atoms with van der Waals surface area (Å²) in [6.07, 6.45) is 0. The van der Waals surface area contributed by atoms with Crippen molar-refractivity contribution >= 4 is 20.9 Å². The monoisotopic (exact) mass is 436 g/mol. The summed E-state index contributed by atoms with van der Waals surface area (Å²) in [7, 11) is 1.58. The Morgan fingerprint density at radius 2 is 1.61 bits per heavy atom. The fraction of sp³-hybridized carbons (Fsp3) is 0.182. The number of hydrogen-bond acceptors (Lipinski definition) is 4. The summed E-state index contributed by atoms with van der Waals surface area (Å²) >= 11 is -1.96. The number of nitrogens with one attached hydrogen (secondary N) is 2. The van der Waals surface area contributed by atoms with Crippen molar-refractivity contribution in [2.75, 3.05) is 7.11 Å². The van der Waals surface area contributed by atoms with E-state index in [9.17, 15) is 14.4 Å². The predicted octanol–water partition coefficient (Wildman–Crippen LogP) is -0.443. The summed E-state index contributed by atoms with van der Waals surface area (Å²) in [6, 6.07) is 6.62. The molecular weight excluding hydrogens is 425 g/mol. The molecule has 1 saturated heterocycles. The van der Waals surface area contributed by atoms with Crippen LogP contribution in [-0.4, -0.2) is 25.0 Å². The molecule has 6 nitrogen and oxygen atoms in total. The van der Waals surface area contributed by atoms with E-state index in [0.29, 0.717) is 0 Å². The normalized spacial score (nSPS) is 15.7. The Morgan fingerprint density at radius 3 is 2.11 bits per heavy atom. The zero-order valence-electron chi connectivity index (χ0n) is 9.73. The Hall–Kier alpha value is -1.43. The molecule has 1 aliphatic heterocycles. The maximum absolute atomic E-state index is 11.6.